The van der Waals surface area contributed by atoms with Gasteiger partial charge in [-0.1, -0.05) is 47.5 Å². The molecule has 0 radical (unpaired) electrons. The van der Waals surface area contributed by atoms with E-state index >= 15 is 0 Å². The second kappa shape index (κ2) is 8.92. The van der Waals surface area contributed by atoms with Crippen LogP contribution in [0.1, 0.15) is 21.5 Å². The van der Waals surface area contributed by atoms with Crippen LogP contribution in [0.15, 0.2) is 42.5 Å². The second-order valence-corrected chi connectivity index (χ2v) is 6.10. The molecule has 0 saturated carbocycles. The van der Waals surface area contributed by atoms with Crippen molar-refractivity contribution in [2.45, 2.75) is 12.8 Å². The van der Waals surface area contributed by atoms with Crippen molar-refractivity contribution in [1.82, 2.24) is 10.6 Å². The van der Waals surface area contributed by atoms with E-state index in [0.717, 1.165) is 29.7 Å². The Labute approximate surface area is 147 Å². The molecule has 0 aliphatic carbocycles. The lowest BCUT2D eigenvalue weighted by Crippen LogP contribution is -2.27. The summed E-state index contributed by atoms with van der Waals surface area (Å²) in [7, 11) is 1.90. The normalized spacial score (nSPS) is 10.6. The van der Waals surface area contributed by atoms with E-state index in [-0.39, 0.29) is 5.91 Å². The van der Waals surface area contributed by atoms with Crippen LogP contribution in [0.3, 0.4) is 0 Å². The largest absolute Gasteiger partial charge is 0.352 e. The molecule has 0 bridgehead atoms. The van der Waals surface area contributed by atoms with E-state index < -0.39 is 0 Å². The third kappa shape index (κ3) is 5.24. The van der Waals surface area contributed by atoms with Crippen molar-refractivity contribution in [3.05, 3.63) is 69.2 Å². The quantitative estimate of drug-likeness (QED) is 0.798. The van der Waals surface area contributed by atoms with Gasteiger partial charge < -0.3 is 10.6 Å². The summed E-state index contributed by atoms with van der Waals surface area (Å²) in [6, 6.07) is 13.1. The van der Waals surface area contributed by atoms with Gasteiger partial charge in [0.25, 0.3) is 5.91 Å². The van der Waals surface area contributed by atoms with Crippen LogP contribution in [-0.2, 0) is 12.8 Å². The predicted octanol–water partition coefficient (Wildman–Crippen LogP) is 3.73. The Balaban J connectivity index is 1.94. The van der Waals surface area contributed by atoms with E-state index in [9.17, 15) is 4.79 Å². The first-order valence-electron chi connectivity index (χ1n) is 7.56. The molecule has 0 saturated heterocycles. The third-order valence-corrected chi connectivity index (χ3v) is 4.19. The number of benzene rings is 2. The predicted molar refractivity (Wildman–Crippen MR) is 96.6 cm³/mol. The number of nitrogens with one attached hydrogen (secondary N) is 2. The van der Waals surface area contributed by atoms with Crippen molar-refractivity contribution in [3.8, 4) is 0 Å². The van der Waals surface area contributed by atoms with Crippen molar-refractivity contribution in [1.29, 1.82) is 0 Å². The fourth-order valence-corrected chi connectivity index (χ4v) is 2.85. The minimum Gasteiger partial charge on any atom is -0.352 e. The molecule has 2 aromatic rings. The van der Waals surface area contributed by atoms with Gasteiger partial charge in [0.15, 0.2) is 0 Å². The van der Waals surface area contributed by atoms with Gasteiger partial charge in [0.1, 0.15) is 0 Å². The average Bonchev–Trinajstić information content (AvgIpc) is 2.55. The molecule has 0 fully saturated rings. The van der Waals surface area contributed by atoms with Gasteiger partial charge >= 0.3 is 0 Å². The van der Waals surface area contributed by atoms with Gasteiger partial charge in [-0.15, -0.1) is 0 Å². The lowest BCUT2D eigenvalue weighted by Gasteiger charge is -2.11. The Morgan fingerprint density at radius 3 is 2.48 bits per heavy atom. The van der Waals surface area contributed by atoms with Crippen LogP contribution in [0.5, 0.6) is 0 Å². The molecule has 23 heavy (non-hydrogen) atoms. The first-order valence-corrected chi connectivity index (χ1v) is 8.32. The highest BCUT2D eigenvalue weighted by molar-refractivity contribution is 6.35. The summed E-state index contributed by atoms with van der Waals surface area (Å²) in [6.45, 7) is 1.37. The standard InChI is InChI=1S/C18H20Cl2N2O/c1-21-10-8-13-4-2-3-5-16(13)18(23)22-11-9-14-6-7-15(19)12-17(14)20/h2-7,12,21H,8-11H2,1H3,(H,22,23). The summed E-state index contributed by atoms with van der Waals surface area (Å²) < 4.78 is 0. The van der Waals surface area contributed by atoms with Gasteiger partial charge in [0.05, 0.1) is 0 Å². The number of amides is 1. The number of halogens is 2. The van der Waals surface area contributed by atoms with Gasteiger partial charge in [-0.2, -0.15) is 0 Å². The van der Waals surface area contributed by atoms with E-state index in [1.54, 1.807) is 12.1 Å². The lowest BCUT2D eigenvalue weighted by molar-refractivity contribution is 0.0953. The molecular weight excluding hydrogens is 331 g/mol. The molecule has 0 aliphatic rings. The zero-order valence-electron chi connectivity index (χ0n) is 13.0. The maximum Gasteiger partial charge on any atom is 0.251 e. The first-order chi connectivity index (χ1) is 11.1. The van der Waals surface area contributed by atoms with Crippen molar-refractivity contribution in [2.24, 2.45) is 0 Å². The van der Waals surface area contributed by atoms with Crippen LogP contribution in [0.25, 0.3) is 0 Å². The molecule has 2 rings (SSSR count). The van der Waals surface area contributed by atoms with E-state index in [1.807, 2.05) is 37.4 Å². The van der Waals surface area contributed by atoms with Crippen molar-refractivity contribution >= 4 is 29.1 Å². The number of hydrogen-bond donors (Lipinski definition) is 2. The Bertz CT molecular complexity index is 674. The fourth-order valence-electron chi connectivity index (χ4n) is 2.35. The second-order valence-electron chi connectivity index (χ2n) is 5.25. The fraction of sp³-hybridized carbons (Fsp3) is 0.278. The molecule has 0 aliphatic heterocycles. The summed E-state index contributed by atoms with van der Waals surface area (Å²) in [5.74, 6) is -0.0539. The Hall–Kier alpha value is -1.55. The number of rotatable bonds is 7. The molecule has 0 aromatic heterocycles. The van der Waals surface area contributed by atoms with E-state index in [1.165, 1.54) is 0 Å². The molecule has 2 aromatic carbocycles. The highest BCUT2D eigenvalue weighted by atomic mass is 35.5. The summed E-state index contributed by atoms with van der Waals surface area (Å²) in [4.78, 5) is 12.4. The number of carbonyl (C=O) groups is 1. The molecule has 1 amide bonds. The van der Waals surface area contributed by atoms with Crippen LogP contribution in [0.4, 0.5) is 0 Å². The van der Waals surface area contributed by atoms with E-state index in [4.69, 9.17) is 23.2 Å². The topological polar surface area (TPSA) is 41.1 Å². The molecule has 0 atom stereocenters. The number of likely N-dealkylation sites (N-methyl/N-ethyl adjacent to an activating group) is 1. The van der Waals surface area contributed by atoms with Gasteiger partial charge in [0, 0.05) is 22.2 Å². The molecule has 5 heteroatoms. The minimum absolute atomic E-state index is 0.0539. The summed E-state index contributed by atoms with van der Waals surface area (Å²) in [6.07, 6.45) is 1.49. The van der Waals surface area contributed by atoms with Crippen molar-refractivity contribution < 1.29 is 4.79 Å². The van der Waals surface area contributed by atoms with Gasteiger partial charge in [-0.3, -0.25) is 4.79 Å². The first kappa shape index (κ1) is 17.8. The van der Waals surface area contributed by atoms with Crippen LogP contribution >= 0.6 is 23.2 Å². The van der Waals surface area contributed by atoms with Gasteiger partial charge in [-0.25, -0.2) is 0 Å². The SMILES string of the molecule is CNCCc1ccccc1C(=O)NCCc1ccc(Cl)cc1Cl. The molecule has 2 N–H and O–H groups in total. The smallest absolute Gasteiger partial charge is 0.251 e. The van der Waals surface area contributed by atoms with Gasteiger partial charge in [-0.05, 0) is 55.8 Å². The highest BCUT2D eigenvalue weighted by Gasteiger charge is 2.10. The van der Waals surface area contributed by atoms with Crippen LogP contribution in [0.2, 0.25) is 10.0 Å². The zero-order valence-corrected chi connectivity index (χ0v) is 14.5. The van der Waals surface area contributed by atoms with E-state index in [0.29, 0.717) is 23.0 Å². The van der Waals surface area contributed by atoms with Crippen molar-refractivity contribution in [2.75, 3.05) is 20.1 Å². The Kier molecular flexibility index (Phi) is 6.90. The summed E-state index contributed by atoms with van der Waals surface area (Å²) in [5, 5.41) is 7.29. The third-order valence-electron chi connectivity index (χ3n) is 3.60. The summed E-state index contributed by atoms with van der Waals surface area (Å²) in [5.41, 5.74) is 2.74. The minimum atomic E-state index is -0.0539. The molecule has 0 spiro atoms. The molecule has 3 nitrogen and oxygen atoms in total. The zero-order chi connectivity index (χ0) is 16.7. The van der Waals surface area contributed by atoms with Crippen LogP contribution in [0, 0.1) is 0 Å². The molecule has 0 unspecified atom stereocenters. The van der Waals surface area contributed by atoms with Gasteiger partial charge in [0.2, 0.25) is 0 Å². The van der Waals surface area contributed by atoms with E-state index in [2.05, 4.69) is 10.6 Å². The molecule has 0 heterocycles. The van der Waals surface area contributed by atoms with Crippen LogP contribution in [-0.4, -0.2) is 26.0 Å². The molecular formula is C18H20Cl2N2O. The number of carbonyl (C=O) groups excluding carboxylic acids is 1. The maximum atomic E-state index is 12.4. The highest BCUT2D eigenvalue weighted by Crippen LogP contribution is 2.21. The average molecular weight is 351 g/mol. The van der Waals surface area contributed by atoms with Crippen LogP contribution < -0.4 is 10.6 Å². The molecule has 122 valence electrons. The monoisotopic (exact) mass is 350 g/mol. The Morgan fingerprint density at radius 1 is 1.00 bits per heavy atom. The summed E-state index contributed by atoms with van der Waals surface area (Å²) >= 11 is 12.0. The number of hydrogen-bond acceptors (Lipinski definition) is 2. The Morgan fingerprint density at radius 2 is 1.74 bits per heavy atom. The maximum absolute atomic E-state index is 12.4. The lowest BCUT2D eigenvalue weighted by atomic mass is 10.0. The van der Waals surface area contributed by atoms with Crippen molar-refractivity contribution in [3.63, 3.8) is 0 Å².